The summed E-state index contributed by atoms with van der Waals surface area (Å²) in [7, 11) is 0. The molecule has 0 saturated carbocycles. The first-order chi connectivity index (χ1) is 11.4. The first-order valence-corrected chi connectivity index (χ1v) is 7.94. The van der Waals surface area contributed by atoms with Gasteiger partial charge in [-0.05, 0) is 31.9 Å². The lowest BCUT2D eigenvalue weighted by Gasteiger charge is -2.20. The summed E-state index contributed by atoms with van der Waals surface area (Å²) in [6.07, 6.45) is 3.74. The van der Waals surface area contributed by atoms with E-state index in [0.29, 0.717) is 18.5 Å². The maximum Gasteiger partial charge on any atom is 0.311 e. The molecule has 2 heterocycles. The minimum absolute atomic E-state index is 0.165. The van der Waals surface area contributed by atoms with Crippen molar-refractivity contribution in [3.05, 3.63) is 53.9 Å². The second kappa shape index (κ2) is 6.07. The summed E-state index contributed by atoms with van der Waals surface area (Å²) in [6.45, 7) is 4.39. The second-order valence-corrected chi connectivity index (χ2v) is 6.67. The van der Waals surface area contributed by atoms with Gasteiger partial charge in [0.25, 0.3) is 5.91 Å². The number of likely N-dealkylation sites (tertiary alicyclic amines) is 1. The summed E-state index contributed by atoms with van der Waals surface area (Å²) in [6, 6.07) is 9.83. The third-order valence-electron chi connectivity index (χ3n) is 4.61. The summed E-state index contributed by atoms with van der Waals surface area (Å²) in [5, 5.41) is 9.31. The molecule has 1 aliphatic rings. The van der Waals surface area contributed by atoms with Crippen LogP contribution in [-0.4, -0.2) is 40.0 Å². The molecule has 0 spiro atoms. The first-order valence-electron chi connectivity index (χ1n) is 7.94. The van der Waals surface area contributed by atoms with Crippen LogP contribution in [0, 0.1) is 12.3 Å². The Morgan fingerprint density at radius 2 is 2.00 bits per heavy atom. The van der Waals surface area contributed by atoms with Gasteiger partial charge in [0, 0.05) is 31.0 Å². The number of carboxylic acid groups (broad SMARTS) is 1. The van der Waals surface area contributed by atoms with Crippen LogP contribution in [0.15, 0.2) is 42.7 Å². The number of benzene rings is 1. The van der Waals surface area contributed by atoms with Crippen LogP contribution in [-0.2, 0) is 4.79 Å². The van der Waals surface area contributed by atoms with Crippen molar-refractivity contribution >= 4 is 11.9 Å². The van der Waals surface area contributed by atoms with E-state index in [2.05, 4.69) is 4.98 Å². The number of amides is 1. The Morgan fingerprint density at radius 1 is 1.21 bits per heavy atom. The molecule has 1 aromatic carbocycles. The predicted octanol–water partition coefficient (Wildman–Crippen LogP) is 2.99. The Kier molecular flexibility index (Phi) is 4.09. The highest BCUT2D eigenvalue weighted by atomic mass is 16.4. The van der Waals surface area contributed by atoms with E-state index in [1.807, 2.05) is 37.3 Å². The van der Waals surface area contributed by atoms with Gasteiger partial charge >= 0.3 is 5.97 Å². The molecule has 24 heavy (non-hydrogen) atoms. The maximum atomic E-state index is 12.7. The van der Waals surface area contributed by atoms with E-state index < -0.39 is 11.4 Å². The monoisotopic (exact) mass is 324 g/mol. The van der Waals surface area contributed by atoms with Crippen LogP contribution in [0.1, 0.15) is 29.3 Å². The molecule has 3 rings (SSSR count). The van der Waals surface area contributed by atoms with Gasteiger partial charge in [0.15, 0.2) is 0 Å². The zero-order valence-corrected chi connectivity index (χ0v) is 13.8. The van der Waals surface area contributed by atoms with E-state index in [9.17, 15) is 14.7 Å². The smallest absolute Gasteiger partial charge is 0.311 e. The molecule has 0 radical (unpaired) electrons. The largest absolute Gasteiger partial charge is 0.481 e. The van der Waals surface area contributed by atoms with Crippen molar-refractivity contribution in [1.29, 1.82) is 0 Å². The minimum Gasteiger partial charge on any atom is -0.481 e. The number of aryl methyl sites for hydroxylation is 1. The van der Waals surface area contributed by atoms with E-state index >= 15 is 0 Å². The highest BCUT2D eigenvalue weighted by Crippen LogP contribution is 2.31. The van der Waals surface area contributed by atoms with Crippen molar-refractivity contribution in [2.75, 3.05) is 13.1 Å². The third-order valence-corrected chi connectivity index (χ3v) is 4.61. The first kappa shape index (κ1) is 16.2. The predicted molar refractivity (Wildman–Crippen MR) is 90.7 cm³/mol. The summed E-state index contributed by atoms with van der Waals surface area (Å²) in [4.78, 5) is 29.8. The topological polar surface area (TPSA) is 70.5 Å². The van der Waals surface area contributed by atoms with Crippen LogP contribution in [0.25, 0.3) is 11.1 Å². The minimum atomic E-state index is -0.864. The van der Waals surface area contributed by atoms with Crippen molar-refractivity contribution < 1.29 is 14.7 Å². The van der Waals surface area contributed by atoms with Crippen LogP contribution in [0.3, 0.4) is 0 Å². The lowest BCUT2D eigenvalue weighted by Crippen LogP contribution is -2.34. The molecule has 1 amide bonds. The second-order valence-electron chi connectivity index (χ2n) is 6.67. The van der Waals surface area contributed by atoms with Gasteiger partial charge in [-0.2, -0.15) is 0 Å². The molecule has 1 fully saturated rings. The molecule has 1 N–H and O–H groups in total. The summed E-state index contributed by atoms with van der Waals surface area (Å²) < 4.78 is 0. The SMILES string of the molecule is Cc1cccc(-c2cncc(C(=O)N3CCC(C)(C(=O)O)C3)c2)c1. The van der Waals surface area contributed by atoms with Crippen molar-refractivity contribution in [3.63, 3.8) is 0 Å². The normalized spacial score (nSPS) is 20.2. The van der Waals surface area contributed by atoms with Gasteiger partial charge in [0.2, 0.25) is 0 Å². The highest BCUT2D eigenvalue weighted by Gasteiger charge is 2.42. The zero-order valence-electron chi connectivity index (χ0n) is 13.8. The molecule has 2 aromatic rings. The van der Waals surface area contributed by atoms with Gasteiger partial charge in [0.1, 0.15) is 0 Å². The fraction of sp³-hybridized carbons (Fsp3) is 0.316. The molecule has 1 aliphatic heterocycles. The van der Waals surface area contributed by atoms with Gasteiger partial charge in [0.05, 0.1) is 11.0 Å². The standard InChI is InChI=1S/C19H20N2O3/c1-13-4-3-5-14(8-13)15-9-16(11-20-10-15)17(22)21-7-6-19(2,12-21)18(23)24/h3-5,8-11H,6-7,12H2,1-2H3,(H,23,24). The summed E-state index contributed by atoms with van der Waals surface area (Å²) in [5.74, 6) is -1.02. The molecule has 124 valence electrons. The average Bonchev–Trinajstić information content (AvgIpc) is 2.98. The van der Waals surface area contributed by atoms with Crippen LogP contribution < -0.4 is 0 Å². The molecular weight excluding hydrogens is 304 g/mol. The number of hydrogen-bond donors (Lipinski definition) is 1. The Balaban J connectivity index is 1.84. The lowest BCUT2D eigenvalue weighted by atomic mass is 9.90. The molecule has 1 aromatic heterocycles. The quantitative estimate of drug-likeness (QED) is 0.942. The Labute approximate surface area is 140 Å². The van der Waals surface area contributed by atoms with Crippen molar-refractivity contribution in [2.24, 2.45) is 5.41 Å². The van der Waals surface area contributed by atoms with Gasteiger partial charge in [-0.25, -0.2) is 0 Å². The zero-order chi connectivity index (χ0) is 17.3. The molecule has 5 heteroatoms. The molecular formula is C19H20N2O3. The average molecular weight is 324 g/mol. The molecule has 1 unspecified atom stereocenters. The van der Waals surface area contributed by atoms with Gasteiger partial charge in [-0.15, -0.1) is 0 Å². The fourth-order valence-electron chi connectivity index (χ4n) is 3.03. The Morgan fingerprint density at radius 3 is 2.67 bits per heavy atom. The van der Waals surface area contributed by atoms with E-state index in [1.54, 1.807) is 18.0 Å². The number of hydrogen-bond acceptors (Lipinski definition) is 3. The molecule has 1 atom stereocenters. The van der Waals surface area contributed by atoms with Crippen LogP contribution >= 0.6 is 0 Å². The van der Waals surface area contributed by atoms with Crippen LogP contribution in [0.4, 0.5) is 0 Å². The van der Waals surface area contributed by atoms with Crippen LogP contribution in [0.2, 0.25) is 0 Å². The van der Waals surface area contributed by atoms with Crippen molar-refractivity contribution in [1.82, 2.24) is 9.88 Å². The van der Waals surface area contributed by atoms with E-state index in [-0.39, 0.29) is 12.5 Å². The number of nitrogens with zero attached hydrogens (tertiary/aromatic N) is 2. The molecule has 0 aliphatic carbocycles. The molecule has 1 saturated heterocycles. The maximum absolute atomic E-state index is 12.7. The van der Waals surface area contributed by atoms with Gasteiger partial charge in [-0.3, -0.25) is 14.6 Å². The molecule has 0 bridgehead atoms. The number of rotatable bonds is 3. The van der Waals surface area contributed by atoms with Gasteiger partial charge in [-0.1, -0.05) is 29.8 Å². The number of pyridine rings is 1. The van der Waals surface area contributed by atoms with Gasteiger partial charge < -0.3 is 10.0 Å². The van der Waals surface area contributed by atoms with E-state index in [1.165, 1.54) is 6.20 Å². The third kappa shape index (κ3) is 3.02. The van der Waals surface area contributed by atoms with Crippen LogP contribution in [0.5, 0.6) is 0 Å². The highest BCUT2D eigenvalue weighted by molar-refractivity contribution is 5.95. The number of carbonyl (C=O) groups is 2. The fourth-order valence-corrected chi connectivity index (χ4v) is 3.03. The van der Waals surface area contributed by atoms with E-state index in [4.69, 9.17) is 0 Å². The number of carboxylic acids is 1. The number of carbonyl (C=O) groups excluding carboxylic acids is 1. The number of aromatic nitrogens is 1. The van der Waals surface area contributed by atoms with E-state index in [0.717, 1.165) is 16.7 Å². The Hall–Kier alpha value is -2.69. The molecule has 5 nitrogen and oxygen atoms in total. The number of aliphatic carboxylic acids is 1. The van der Waals surface area contributed by atoms with Crippen molar-refractivity contribution in [3.8, 4) is 11.1 Å². The van der Waals surface area contributed by atoms with Crippen molar-refractivity contribution in [2.45, 2.75) is 20.3 Å². The summed E-state index contributed by atoms with van der Waals surface area (Å²) >= 11 is 0. The lowest BCUT2D eigenvalue weighted by molar-refractivity contribution is -0.147. The Bertz CT molecular complexity index is 803. The summed E-state index contributed by atoms with van der Waals surface area (Å²) in [5.41, 5.74) is 2.65.